The van der Waals surface area contributed by atoms with E-state index in [1.54, 1.807) is 5.56 Å². The maximum atomic E-state index is 3.43. The predicted molar refractivity (Wildman–Crippen MR) is 69.9 cm³/mol. The molecule has 1 aliphatic carbocycles. The molecule has 0 amide bonds. The van der Waals surface area contributed by atoms with Gasteiger partial charge in [0, 0.05) is 6.04 Å². The molecule has 0 radical (unpaired) electrons. The average molecular weight is 217 g/mol. The Kier molecular flexibility index (Phi) is 3.34. The van der Waals surface area contributed by atoms with Crippen molar-refractivity contribution < 1.29 is 0 Å². The highest BCUT2D eigenvalue weighted by Crippen LogP contribution is 2.45. The topological polar surface area (TPSA) is 12.0 Å². The molecule has 1 aromatic carbocycles. The van der Waals surface area contributed by atoms with Crippen LogP contribution in [0.3, 0.4) is 0 Å². The Bertz CT molecular complexity index is 370. The van der Waals surface area contributed by atoms with Gasteiger partial charge in [-0.2, -0.15) is 0 Å². The molecular weight excluding hydrogens is 194 g/mol. The fourth-order valence-electron chi connectivity index (χ4n) is 3.21. The highest BCUT2D eigenvalue weighted by Gasteiger charge is 2.39. The van der Waals surface area contributed by atoms with Gasteiger partial charge in [0.2, 0.25) is 0 Å². The molecule has 1 heteroatoms. The van der Waals surface area contributed by atoms with Crippen LogP contribution in [0.1, 0.15) is 42.4 Å². The lowest BCUT2D eigenvalue weighted by atomic mass is 9.64. The van der Waals surface area contributed by atoms with Crippen molar-refractivity contribution in [2.75, 3.05) is 7.05 Å². The Hall–Kier alpha value is -0.820. The van der Waals surface area contributed by atoms with Gasteiger partial charge >= 0.3 is 0 Å². The van der Waals surface area contributed by atoms with Gasteiger partial charge in [-0.3, -0.25) is 0 Å². The Morgan fingerprint density at radius 2 is 2.06 bits per heavy atom. The second kappa shape index (κ2) is 4.58. The largest absolute Gasteiger partial charge is 0.317 e. The zero-order chi connectivity index (χ0) is 11.7. The maximum absolute atomic E-state index is 3.43. The van der Waals surface area contributed by atoms with Crippen LogP contribution in [0.25, 0.3) is 0 Å². The first-order valence-electron chi connectivity index (χ1n) is 6.41. The second-order valence-electron chi connectivity index (χ2n) is 5.17. The lowest BCUT2D eigenvalue weighted by Gasteiger charge is -2.45. The molecule has 1 aromatic rings. The van der Waals surface area contributed by atoms with Gasteiger partial charge in [0.05, 0.1) is 0 Å². The normalized spacial score (nSPS) is 28.9. The number of aryl methyl sites for hydroxylation is 2. The van der Waals surface area contributed by atoms with Crippen LogP contribution < -0.4 is 5.32 Å². The number of rotatable bonds is 3. The molecule has 16 heavy (non-hydrogen) atoms. The number of nitrogens with one attached hydrogen (secondary N) is 1. The molecule has 0 spiro atoms. The van der Waals surface area contributed by atoms with Gasteiger partial charge in [0.25, 0.3) is 0 Å². The van der Waals surface area contributed by atoms with E-state index in [9.17, 15) is 0 Å². The summed E-state index contributed by atoms with van der Waals surface area (Å²) in [5.74, 6) is 1.61. The molecule has 3 unspecified atom stereocenters. The average Bonchev–Trinajstić information content (AvgIpc) is 2.21. The molecule has 2 rings (SSSR count). The molecule has 1 aliphatic rings. The molecule has 1 N–H and O–H groups in total. The Morgan fingerprint density at radius 3 is 2.62 bits per heavy atom. The van der Waals surface area contributed by atoms with Crippen molar-refractivity contribution in [2.24, 2.45) is 5.92 Å². The van der Waals surface area contributed by atoms with E-state index in [1.165, 1.54) is 24.0 Å². The van der Waals surface area contributed by atoms with Crippen LogP contribution in [0.4, 0.5) is 0 Å². The molecular formula is C15H23N. The molecule has 0 aliphatic heterocycles. The van der Waals surface area contributed by atoms with Crippen molar-refractivity contribution in [1.82, 2.24) is 5.32 Å². The summed E-state index contributed by atoms with van der Waals surface area (Å²) in [6.07, 6.45) is 2.59. The van der Waals surface area contributed by atoms with Gasteiger partial charge in [0.15, 0.2) is 0 Å². The van der Waals surface area contributed by atoms with Crippen LogP contribution in [0, 0.1) is 19.8 Å². The summed E-state index contributed by atoms with van der Waals surface area (Å²) in [6, 6.07) is 7.64. The van der Waals surface area contributed by atoms with Gasteiger partial charge in [-0.05, 0) is 50.3 Å². The molecule has 0 aromatic heterocycles. The lowest BCUT2D eigenvalue weighted by molar-refractivity contribution is 0.168. The minimum absolute atomic E-state index is 0.732. The molecule has 0 bridgehead atoms. The molecule has 0 saturated heterocycles. The fraction of sp³-hybridized carbons (Fsp3) is 0.600. The zero-order valence-electron chi connectivity index (χ0n) is 10.9. The smallest absolute Gasteiger partial charge is 0.0104 e. The highest BCUT2D eigenvalue weighted by atomic mass is 14.9. The number of hydrogen-bond donors (Lipinski definition) is 1. The summed E-state index contributed by atoms with van der Waals surface area (Å²) < 4.78 is 0. The predicted octanol–water partition coefficient (Wildman–Crippen LogP) is 3.40. The third-order valence-electron chi connectivity index (χ3n) is 4.21. The SMILES string of the molecule is CCC1C(NC)CC1c1ccc(C)cc1C. The molecule has 0 heterocycles. The van der Waals surface area contributed by atoms with E-state index in [-0.39, 0.29) is 0 Å². The first-order chi connectivity index (χ1) is 7.67. The molecule has 1 saturated carbocycles. The van der Waals surface area contributed by atoms with Crippen LogP contribution in [-0.2, 0) is 0 Å². The van der Waals surface area contributed by atoms with E-state index in [0.717, 1.165) is 17.9 Å². The van der Waals surface area contributed by atoms with Crippen molar-refractivity contribution in [3.63, 3.8) is 0 Å². The van der Waals surface area contributed by atoms with Crippen molar-refractivity contribution in [3.05, 3.63) is 34.9 Å². The van der Waals surface area contributed by atoms with Crippen LogP contribution in [0.2, 0.25) is 0 Å². The van der Waals surface area contributed by atoms with Crippen LogP contribution in [0.5, 0.6) is 0 Å². The number of hydrogen-bond acceptors (Lipinski definition) is 1. The Labute approximate surface area is 99.3 Å². The van der Waals surface area contributed by atoms with Gasteiger partial charge < -0.3 is 5.32 Å². The van der Waals surface area contributed by atoms with Crippen molar-refractivity contribution >= 4 is 0 Å². The summed E-state index contributed by atoms with van der Waals surface area (Å²) in [5.41, 5.74) is 4.42. The summed E-state index contributed by atoms with van der Waals surface area (Å²) in [7, 11) is 2.09. The molecule has 88 valence electrons. The van der Waals surface area contributed by atoms with Crippen LogP contribution in [-0.4, -0.2) is 13.1 Å². The Balaban J connectivity index is 2.19. The minimum atomic E-state index is 0.732. The van der Waals surface area contributed by atoms with Crippen LogP contribution in [0.15, 0.2) is 18.2 Å². The van der Waals surface area contributed by atoms with Crippen molar-refractivity contribution in [3.8, 4) is 0 Å². The summed E-state index contributed by atoms with van der Waals surface area (Å²) in [6.45, 7) is 6.73. The first kappa shape index (κ1) is 11.7. The van der Waals surface area contributed by atoms with Gasteiger partial charge in [-0.1, -0.05) is 37.1 Å². The van der Waals surface area contributed by atoms with E-state index in [0.29, 0.717) is 0 Å². The quantitative estimate of drug-likeness (QED) is 0.818. The lowest BCUT2D eigenvalue weighted by Crippen LogP contribution is -2.47. The zero-order valence-corrected chi connectivity index (χ0v) is 10.9. The van der Waals surface area contributed by atoms with E-state index in [1.807, 2.05) is 0 Å². The van der Waals surface area contributed by atoms with Crippen molar-refractivity contribution in [1.29, 1.82) is 0 Å². The summed E-state index contributed by atoms with van der Waals surface area (Å²) >= 11 is 0. The summed E-state index contributed by atoms with van der Waals surface area (Å²) in [5, 5.41) is 3.43. The molecule has 1 nitrogen and oxygen atoms in total. The van der Waals surface area contributed by atoms with Gasteiger partial charge in [-0.25, -0.2) is 0 Å². The minimum Gasteiger partial charge on any atom is -0.317 e. The first-order valence-corrected chi connectivity index (χ1v) is 6.41. The third kappa shape index (κ3) is 1.89. The Morgan fingerprint density at radius 1 is 1.31 bits per heavy atom. The van der Waals surface area contributed by atoms with E-state index < -0.39 is 0 Å². The van der Waals surface area contributed by atoms with E-state index >= 15 is 0 Å². The number of benzene rings is 1. The van der Waals surface area contributed by atoms with Crippen molar-refractivity contribution in [2.45, 2.75) is 45.6 Å². The fourth-order valence-corrected chi connectivity index (χ4v) is 3.21. The molecule has 3 atom stereocenters. The van der Waals surface area contributed by atoms with E-state index in [4.69, 9.17) is 0 Å². The monoisotopic (exact) mass is 217 g/mol. The summed E-state index contributed by atoms with van der Waals surface area (Å²) in [4.78, 5) is 0. The van der Waals surface area contributed by atoms with Gasteiger partial charge in [0.1, 0.15) is 0 Å². The van der Waals surface area contributed by atoms with E-state index in [2.05, 4.69) is 51.3 Å². The van der Waals surface area contributed by atoms with Gasteiger partial charge in [-0.15, -0.1) is 0 Å². The third-order valence-corrected chi connectivity index (χ3v) is 4.21. The standard InChI is InChI=1S/C15H23N/c1-5-12-14(9-15(12)16-4)13-7-6-10(2)8-11(13)3/h6-8,12,14-16H,5,9H2,1-4H3. The molecule has 1 fully saturated rings. The second-order valence-corrected chi connectivity index (χ2v) is 5.17. The maximum Gasteiger partial charge on any atom is 0.0104 e. The van der Waals surface area contributed by atoms with Crippen LogP contribution >= 0.6 is 0 Å². The highest BCUT2D eigenvalue weighted by molar-refractivity contribution is 5.35.